The van der Waals surface area contributed by atoms with Crippen LogP contribution in [0.5, 0.6) is 0 Å². The van der Waals surface area contributed by atoms with E-state index in [1.807, 2.05) is 18.3 Å². The van der Waals surface area contributed by atoms with Gasteiger partial charge < -0.3 is 0 Å². The van der Waals surface area contributed by atoms with Crippen LogP contribution in [0.1, 0.15) is 32.9 Å². The normalized spacial score (nSPS) is 11.6. The van der Waals surface area contributed by atoms with Crippen LogP contribution in [0.3, 0.4) is 0 Å². The molecular formula is C11H17N. The summed E-state index contributed by atoms with van der Waals surface area (Å²) in [4.78, 5) is 4.31. The highest BCUT2D eigenvalue weighted by molar-refractivity contribution is 5.05. The Bertz CT molecular complexity index is 226. The van der Waals surface area contributed by atoms with E-state index >= 15 is 0 Å². The van der Waals surface area contributed by atoms with Crippen LogP contribution in [-0.2, 0) is 6.42 Å². The SMILES string of the molecule is CCC(C)(C)Cc1ccccn1. The largest absolute Gasteiger partial charge is 0.261 e. The topological polar surface area (TPSA) is 12.9 Å². The average Bonchev–Trinajstić information content (AvgIpc) is 2.06. The maximum Gasteiger partial charge on any atom is 0.0408 e. The Morgan fingerprint density at radius 2 is 2.08 bits per heavy atom. The van der Waals surface area contributed by atoms with Crippen molar-refractivity contribution in [2.24, 2.45) is 5.41 Å². The van der Waals surface area contributed by atoms with Gasteiger partial charge in [-0.1, -0.05) is 33.3 Å². The first-order valence-electron chi connectivity index (χ1n) is 4.54. The number of hydrogen-bond acceptors (Lipinski definition) is 1. The van der Waals surface area contributed by atoms with E-state index < -0.39 is 0 Å². The molecule has 1 heteroatoms. The highest BCUT2D eigenvalue weighted by Gasteiger charge is 2.15. The molecule has 0 atom stereocenters. The Labute approximate surface area is 74.8 Å². The third-order valence-electron chi connectivity index (χ3n) is 2.34. The van der Waals surface area contributed by atoms with Crippen molar-refractivity contribution in [1.82, 2.24) is 4.98 Å². The van der Waals surface area contributed by atoms with E-state index in [4.69, 9.17) is 0 Å². The van der Waals surface area contributed by atoms with Gasteiger partial charge in [-0.25, -0.2) is 0 Å². The molecule has 0 unspecified atom stereocenters. The molecule has 1 nitrogen and oxygen atoms in total. The van der Waals surface area contributed by atoms with Crippen molar-refractivity contribution in [3.63, 3.8) is 0 Å². The van der Waals surface area contributed by atoms with Crippen LogP contribution in [-0.4, -0.2) is 4.98 Å². The molecule has 0 bridgehead atoms. The van der Waals surface area contributed by atoms with Crippen LogP contribution in [0.15, 0.2) is 24.4 Å². The summed E-state index contributed by atoms with van der Waals surface area (Å²) in [5.74, 6) is 0. The molecule has 66 valence electrons. The molecule has 0 saturated heterocycles. The zero-order valence-corrected chi connectivity index (χ0v) is 8.17. The Morgan fingerprint density at radius 3 is 2.58 bits per heavy atom. The second-order valence-corrected chi connectivity index (χ2v) is 4.02. The van der Waals surface area contributed by atoms with Crippen molar-refractivity contribution in [2.75, 3.05) is 0 Å². The van der Waals surface area contributed by atoms with E-state index in [2.05, 4.69) is 31.8 Å². The molecular weight excluding hydrogens is 146 g/mol. The van der Waals surface area contributed by atoms with Gasteiger partial charge in [-0.3, -0.25) is 4.98 Å². The average molecular weight is 163 g/mol. The number of pyridine rings is 1. The summed E-state index contributed by atoms with van der Waals surface area (Å²) < 4.78 is 0. The first kappa shape index (κ1) is 9.24. The van der Waals surface area contributed by atoms with Crippen molar-refractivity contribution in [3.05, 3.63) is 30.1 Å². The van der Waals surface area contributed by atoms with Crippen molar-refractivity contribution in [2.45, 2.75) is 33.6 Å². The first-order valence-corrected chi connectivity index (χ1v) is 4.54. The molecule has 0 aliphatic rings. The van der Waals surface area contributed by atoms with Crippen LogP contribution in [0, 0.1) is 5.41 Å². The number of hydrogen-bond donors (Lipinski definition) is 0. The second kappa shape index (κ2) is 3.70. The highest BCUT2D eigenvalue weighted by atomic mass is 14.7. The minimum atomic E-state index is 0.383. The fourth-order valence-corrected chi connectivity index (χ4v) is 1.12. The second-order valence-electron chi connectivity index (χ2n) is 4.02. The lowest BCUT2D eigenvalue weighted by Crippen LogP contribution is -2.13. The summed E-state index contributed by atoms with van der Waals surface area (Å²) in [7, 11) is 0. The van der Waals surface area contributed by atoms with Crippen LogP contribution in [0.25, 0.3) is 0 Å². The lowest BCUT2D eigenvalue weighted by atomic mass is 9.85. The Balaban J connectivity index is 2.64. The smallest absolute Gasteiger partial charge is 0.0408 e. The monoisotopic (exact) mass is 163 g/mol. The molecule has 1 heterocycles. The van der Waals surface area contributed by atoms with Gasteiger partial charge >= 0.3 is 0 Å². The maximum atomic E-state index is 4.31. The summed E-state index contributed by atoms with van der Waals surface area (Å²) in [5.41, 5.74) is 1.58. The van der Waals surface area contributed by atoms with Crippen molar-refractivity contribution >= 4 is 0 Å². The zero-order valence-electron chi connectivity index (χ0n) is 8.17. The van der Waals surface area contributed by atoms with Gasteiger partial charge in [0.05, 0.1) is 0 Å². The van der Waals surface area contributed by atoms with E-state index in [1.165, 1.54) is 12.1 Å². The maximum absolute atomic E-state index is 4.31. The molecule has 1 aromatic rings. The molecule has 0 saturated carbocycles. The molecule has 0 aliphatic heterocycles. The third-order valence-corrected chi connectivity index (χ3v) is 2.34. The Kier molecular flexibility index (Phi) is 2.85. The predicted octanol–water partition coefficient (Wildman–Crippen LogP) is 3.06. The van der Waals surface area contributed by atoms with E-state index in [1.54, 1.807) is 0 Å². The summed E-state index contributed by atoms with van der Waals surface area (Å²) >= 11 is 0. The van der Waals surface area contributed by atoms with Gasteiger partial charge in [0.25, 0.3) is 0 Å². The van der Waals surface area contributed by atoms with Crippen molar-refractivity contribution in [1.29, 1.82) is 0 Å². The zero-order chi connectivity index (χ0) is 9.03. The Morgan fingerprint density at radius 1 is 1.33 bits per heavy atom. The van der Waals surface area contributed by atoms with Crippen LogP contribution in [0.2, 0.25) is 0 Å². The highest BCUT2D eigenvalue weighted by Crippen LogP contribution is 2.23. The molecule has 0 aromatic carbocycles. The first-order chi connectivity index (χ1) is 5.64. The molecule has 12 heavy (non-hydrogen) atoms. The third kappa shape index (κ3) is 2.65. The number of aromatic nitrogens is 1. The summed E-state index contributed by atoms with van der Waals surface area (Å²) in [6.45, 7) is 6.78. The van der Waals surface area contributed by atoms with Gasteiger partial charge in [-0.05, 0) is 24.0 Å². The molecule has 0 aliphatic carbocycles. The van der Waals surface area contributed by atoms with E-state index in [0.717, 1.165) is 6.42 Å². The molecule has 1 rings (SSSR count). The summed E-state index contributed by atoms with van der Waals surface area (Å²) in [5, 5.41) is 0. The quantitative estimate of drug-likeness (QED) is 0.667. The minimum absolute atomic E-state index is 0.383. The van der Waals surface area contributed by atoms with Gasteiger partial charge in [0, 0.05) is 11.9 Å². The van der Waals surface area contributed by atoms with Gasteiger partial charge in [0.2, 0.25) is 0 Å². The van der Waals surface area contributed by atoms with E-state index in [0.29, 0.717) is 5.41 Å². The van der Waals surface area contributed by atoms with Gasteiger partial charge in [0.1, 0.15) is 0 Å². The lowest BCUT2D eigenvalue weighted by molar-refractivity contribution is 0.345. The van der Waals surface area contributed by atoms with Gasteiger partial charge in [-0.15, -0.1) is 0 Å². The standard InChI is InChI=1S/C11H17N/c1-4-11(2,3)9-10-7-5-6-8-12-10/h5-8H,4,9H2,1-3H3. The van der Waals surface area contributed by atoms with E-state index in [9.17, 15) is 0 Å². The number of rotatable bonds is 3. The van der Waals surface area contributed by atoms with Crippen molar-refractivity contribution < 1.29 is 0 Å². The van der Waals surface area contributed by atoms with Gasteiger partial charge in [0.15, 0.2) is 0 Å². The number of nitrogens with zero attached hydrogens (tertiary/aromatic N) is 1. The molecule has 0 amide bonds. The fraction of sp³-hybridized carbons (Fsp3) is 0.545. The van der Waals surface area contributed by atoms with E-state index in [-0.39, 0.29) is 0 Å². The molecule has 0 radical (unpaired) electrons. The molecule has 0 fully saturated rings. The summed E-state index contributed by atoms with van der Waals surface area (Å²) in [6.07, 6.45) is 4.13. The van der Waals surface area contributed by atoms with Crippen molar-refractivity contribution in [3.8, 4) is 0 Å². The molecule has 0 N–H and O–H groups in total. The fourth-order valence-electron chi connectivity index (χ4n) is 1.12. The predicted molar refractivity (Wildman–Crippen MR) is 52.0 cm³/mol. The van der Waals surface area contributed by atoms with Gasteiger partial charge in [-0.2, -0.15) is 0 Å². The minimum Gasteiger partial charge on any atom is -0.261 e. The van der Waals surface area contributed by atoms with Crippen LogP contribution < -0.4 is 0 Å². The van der Waals surface area contributed by atoms with Crippen LogP contribution >= 0.6 is 0 Å². The summed E-state index contributed by atoms with van der Waals surface area (Å²) in [6, 6.07) is 6.11. The Hall–Kier alpha value is -0.850. The molecule has 0 spiro atoms. The lowest BCUT2D eigenvalue weighted by Gasteiger charge is -2.21. The molecule has 1 aromatic heterocycles. The van der Waals surface area contributed by atoms with Crippen LogP contribution in [0.4, 0.5) is 0 Å².